The van der Waals surface area contributed by atoms with Crippen molar-refractivity contribution >= 4 is 5.97 Å². The van der Waals surface area contributed by atoms with Crippen LogP contribution < -0.4 is 0 Å². The van der Waals surface area contributed by atoms with Gasteiger partial charge in [-0.3, -0.25) is 0 Å². The van der Waals surface area contributed by atoms with Crippen molar-refractivity contribution in [3.8, 4) is 0 Å². The summed E-state index contributed by atoms with van der Waals surface area (Å²) in [6, 6.07) is 0. The Morgan fingerprint density at radius 3 is 2.62 bits per heavy atom. The Morgan fingerprint density at radius 1 is 1.31 bits per heavy atom. The van der Waals surface area contributed by atoms with Gasteiger partial charge >= 0.3 is 5.97 Å². The second-order valence-corrected chi connectivity index (χ2v) is 5.77. The molecule has 0 aromatic carbocycles. The number of aliphatic hydroxyl groups is 2. The van der Waals surface area contributed by atoms with E-state index in [0.717, 1.165) is 6.08 Å². The molecule has 4 atom stereocenters. The molecule has 4 nitrogen and oxygen atoms in total. The molecule has 4 saturated carbocycles. The lowest BCUT2D eigenvalue weighted by Gasteiger charge is -2.43. The molecular formula is C12H16O4. The molecule has 0 amide bonds. The minimum absolute atomic E-state index is 0.0730. The summed E-state index contributed by atoms with van der Waals surface area (Å²) >= 11 is 0. The largest absolute Gasteiger partial charge is 0.456 e. The first-order chi connectivity index (χ1) is 7.39. The molecule has 0 heterocycles. The highest BCUT2D eigenvalue weighted by atomic mass is 16.6. The van der Waals surface area contributed by atoms with E-state index in [-0.39, 0.29) is 5.92 Å². The first-order valence-electron chi connectivity index (χ1n) is 5.69. The third-order valence-corrected chi connectivity index (χ3v) is 4.40. The molecule has 16 heavy (non-hydrogen) atoms. The average molecular weight is 224 g/mol. The fourth-order valence-electron chi connectivity index (χ4n) is 4.22. The van der Waals surface area contributed by atoms with Gasteiger partial charge in [0.15, 0.2) is 0 Å². The predicted molar refractivity (Wildman–Crippen MR) is 55.5 cm³/mol. The molecule has 0 aromatic rings. The minimum Gasteiger partial charge on any atom is -0.456 e. The van der Waals surface area contributed by atoms with Crippen LogP contribution in [0.15, 0.2) is 12.7 Å². The van der Waals surface area contributed by atoms with Gasteiger partial charge in [0.25, 0.3) is 0 Å². The van der Waals surface area contributed by atoms with Crippen LogP contribution in [0.1, 0.15) is 32.1 Å². The van der Waals surface area contributed by atoms with E-state index in [1.54, 1.807) is 0 Å². The number of carbonyl (C=O) groups is 1. The molecule has 88 valence electrons. The Labute approximate surface area is 93.9 Å². The van der Waals surface area contributed by atoms with Gasteiger partial charge in [0, 0.05) is 25.3 Å². The van der Waals surface area contributed by atoms with Crippen LogP contribution in [0.4, 0.5) is 0 Å². The number of carbonyl (C=O) groups excluding carboxylic acids is 1. The predicted octanol–water partition coefficient (Wildman–Crippen LogP) is 0.524. The van der Waals surface area contributed by atoms with E-state index in [4.69, 9.17) is 4.74 Å². The fourth-order valence-corrected chi connectivity index (χ4v) is 4.22. The van der Waals surface area contributed by atoms with E-state index < -0.39 is 22.8 Å². The SMILES string of the molecule is C=CC(=O)OC12CC3CC(O)(C1)CC3(O)C2. The third-order valence-electron chi connectivity index (χ3n) is 4.40. The number of esters is 1. The van der Waals surface area contributed by atoms with E-state index >= 15 is 0 Å². The van der Waals surface area contributed by atoms with E-state index in [0.29, 0.717) is 32.1 Å². The van der Waals surface area contributed by atoms with Crippen LogP contribution in [0, 0.1) is 5.92 Å². The molecule has 0 spiro atoms. The van der Waals surface area contributed by atoms with Gasteiger partial charge in [-0.15, -0.1) is 0 Å². The lowest BCUT2D eigenvalue weighted by molar-refractivity contribution is -0.174. The lowest BCUT2D eigenvalue weighted by Crippen LogP contribution is -2.49. The Balaban J connectivity index is 1.90. The van der Waals surface area contributed by atoms with Crippen LogP contribution in [0.5, 0.6) is 0 Å². The van der Waals surface area contributed by atoms with Crippen LogP contribution in [0.25, 0.3) is 0 Å². The van der Waals surface area contributed by atoms with Gasteiger partial charge in [-0.2, -0.15) is 0 Å². The topological polar surface area (TPSA) is 66.8 Å². The van der Waals surface area contributed by atoms with Crippen molar-refractivity contribution in [3.63, 3.8) is 0 Å². The van der Waals surface area contributed by atoms with Gasteiger partial charge in [0.1, 0.15) is 5.60 Å². The van der Waals surface area contributed by atoms with Gasteiger partial charge in [-0.25, -0.2) is 4.79 Å². The monoisotopic (exact) mass is 224 g/mol. The van der Waals surface area contributed by atoms with Gasteiger partial charge in [0.2, 0.25) is 0 Å². The van der Waals surface area contributed by atoms with E-state index in [1.807, 2.05) is 0 Å². The molecule has 4 fully saturated rings. The maximum absolute atomic E-state index is 11.3. The lowest BCUT2D eigenvalue weighted by atomic mass is 9.74. The zero-order valence-corrected chi connectivity index (χ0v) is 9.11. The number of hydrogen-bond acceptors (Lipinski definition) is 4. The molecule has 4 rings (SSSR count). The molecule has 0 radical (unpaired) electrons. The van der Waals surface area contributed by atoms with Crippen molar-refractivity contribution in [1.29, 1.82) is 0 Å². The molecule has 0 aromatic heterocycles. The van der Waals surface area contributed by atoms with Crippen LogP contribution in [-0.2, 0) is 9.53 Å². The Kier molecular flexibility index (Phi) is 1.73. The third kappa shape index (κ3) is 1.20. The Bertz CT molecular complexity index is 375. The molecular weight excluding hydrogens is 208 g/mol. The summed E-state index contributed by atoms with van der Waals surface area (Å²) in [6.07, 6.45) is 3.79. The van der Waals surface area contributed by atoms with Gasteiger partial charge < -0.3 is 14.9 Å². The maximum Gasteiger partial charge on any atom is 0.330 e. The summed E-state index contributed by atoms with van der Waals surface area (Å²) in [5.74, 6) is -0.391. The zero-order valence-electron chi connectivity index (χ0n) is 9.11. The molecule has 4 aliphatic rings. The number of rotatable bonds is 2. The summed E-state index contributed by atoms with van der Waals surface area (Å²) in [4.78, 5) is 11.3. The molecule has 2 N–H and O–H groups in total. The molecule has 0 aliphatic heterocycles. The minimum atomic E-state index is -0.836. The van der Waals surface area contributed by atoms with Crippen molar-refractivity contribution in [3.05, 3.63) is 12.7 Å². The van der Waals surface area contributed by atoms with Crippen LogP contribution in [0.2, 0.25) is 0 Å². The summed E-state index contributed by atoms with van der Waals surface area (Å²) in [5, 5.41) is 20.6. The quantitative estimate of drug-likeness (QED) is 0.530. The fraction of sp³-hybridized carbons (Fsp3) is 0.750. The molecule has 4 aliphatic carbocycles. The summed E-state index contributed by atoms with van der Waals surface area (Å²) < 4.78 is 5.37. The first-order valence-corrected chi connectivity index (χ1v) is 5.69. The van der Waals surface area contributed by atoms with E-state index in [2.05, 4.69) is 6.58 Å². The molecule has 4 unspecified atom stereocenters. The second kappa shape index (κ2) is 2.68. The average Bonchev–Trinajstić information content (AvgIpc) is 2.42. The van der Waals surface area contributed by atoms with Crippen molar-refractivity contribution in [1.82, 2.24) is 0 Å². The summed E-state index contributed by atoms with van der Waals surface area (Å²) in [6.45, 7) is 3.37. The van der Waals surface area contributed by atoms with Gasteiger partial charge in [0.05, 0.1) is 11.2 Å². The van der Waals surface area contributed by atoms with Crippen molar-refractivity contribution in [2.45, 2.75) is 48.9 Å². The molecule has 4 bridgehead atoms. The molecule has 0 saturated heterocycles. The smallest absolute Gasteiger partial charge is 0.330 e. The standard InChI is InChI=1S/C12H16O4/c1-2-9(13)16-11-4-8-3-10(14,5-11)6-12(8,15)7-11/h2,8,14-15H,1,3-7H2. The van der Waals surface area contributed by atoms with E-state index in [1.165, 1.54) is 0 Å². The van der Waals surface area contributed by atoms with Crippen LogP contribution >= 0.6 is 0 Å². The number of ether oxygens (including phenoxy) is 1. The molecule has 4 heteroatoms. The highest BCUT2D eigenvalue weighted by molar-refractivity contribution is 5.81. The van der Waals surface area contributed by atoms with Crippen LogP contribution in [0.3, 0.4) is 0 Å². The zero-order chi connectivity index (χ0) is 11.6. The summed E-state index contributed by atoms with van der Waals surface area (Å²) in [7, 11) is 0. The van der Waals surface area contributed by atoms with Gasteiger partial charge in [-0.1, -0.05) is 6.58 Å². The van der Waals surface area contributed by atoms with Crippen LogP contribution in [-0.4, -0.2) is 33.0 Å². The van der Waals surface area contributed by atoms with Gasteiger partial charge in [-0.05, 0) is 18.8 Å². The second-order valence-electron chi connectivity index (χ2n) is 5.77. The highest BCUT2D eigenvalue weighted by Crippen LogP contribution is 2.64. The Morgan fingerprint density at radius 2 is 2.06 bits per heavy atom. The maximum atomic E-state index is 11.3. The Hall–Kier alpha value is -0.870. The highest BCUT2D eigenvalue weighted by Gasteiger charge is 2.70. The van der Waals surface area contributed by atoms with E-state index in [9.17, 15) is 15.0 Å². The van der Waals surface area contributed by atoms with Crippen molar-refractivity contribution in [2.24, 2.45) is 5.92 Å². The van der Waals surface area contributed by atoms with Crippen molar-refractivity contribution < 1.29 is 19.7 Å². The number of hydrogen-bond donors (Lipinski definition) is 2. The summed E-state index contributed by atoms with van der Waals surface area (Å²) in [5.41, 5.74) is -2.32. The first kappa shape index (κ1) is 10.3. The van der Waals surface area contributed by atoms with Crippen molar-refractivity contribution in [2.75, 3.05) is 0 Å². The normalized spacial score (nSPS) is 53.0.